The number of nitrogens with one attached hydrogen (secondary N) is 1. The first-order valence-corrected chi connectivity index (χ1v) is 6.45. The number of hydrogen-bond acceptors (Lipinski definition) is 5. The Labute approximate surface area is 126 Å². The zero-order valence-electron chi connectivity index (χ0n) is 11.8. The third-order valence-corrected chi connectivity index (χ3v) is 3.09. The minimum atomic E-state index is -4.47. The Bertz CT molecular complexity index is 893. The Balaban J connectivity index is 1.91. The molecule has 0 fully saturated rings. The predicted molar refractivity (Wildman–Crippen MR) is 72.4 cm³/mol. The average molecular weight is 325 g/mol. The Morgan fingerprint density at radius 3 is 2.78 bits per heavy atom. The highest BCUT2D eigenvalue weighted by atomic mass is 19.4. The normalized spacial score (nSPS) is 11.8. The predicted octanol–water partition coefficient (Wildman–Crippen LogP) is 2.16. The smallest absolute Gasteiger partial charge is 0.334 e. The van der Waals surface area contributed by atoms with Crippen LogP contribution in [0.5, 0.6) is 0 Å². The molecule has 23 heavy (non-hydrogen) atoms. The molecule has 7 nitrogen and oxygen atoms in total. The SMILES string of the molecule is Cc1[nH]ncc1-c1noc(-c2ccn(CC(F)(F)F)c(=O)c2)n1. The Hall–Kier alpha value is -2.91. The number of aromatic amines is 1. The van der Waals surface area contributed by atoms with E-state index in [9.17, 15) is 18.0 Å². The zero-order valence-corrected chi connectivity index (χ0v) is 11.8. The highest BCUT2D eigenvalue weighted by Gasteiger charge is 2.28. The molecule has 0 bridgehead atoms. The van der Waals surface area contributed by atoms with E-state index in [1.807, 2.05) is 0 Å². The molecule has 0 aliphatic rings. The molecule has 0 spiro atoms. The van der Waals surface area contributed by atoms with Crippen LogP contribution >= 0.6 is 0 Å². The Morgan fingerprint density at radius 1 is 1.39 bits per heavy atom. The maximum atomic E-state index is 12.3. The summed E-state index contributed by atoms with van der Waals surface area (Å²) in [6, 6.07) is 2.33. The average Bonchev–Trinajstić information content (AvgIpc) is 3.08. The topological polar surface area (TPSA) is 89.6 Å². The van der Waals surface area contributed by atoms with Gasteiger partial charge >= 0.3 is 6.18 Å². The molecule has 10 heteroatoms. The van der Waals surface area contributed by atoms with Crippen LogP contribution in [0.15, 0.2) is 33.8 Å². The van der Waals surface area contributed by atoms with Gasteiger partial charge in [-0.2, -0.15) is 23.3 Å². The number of aryl methyl sites for hydroxylation is 1. The quantitative estimate of drug-likeness (QED) is 0.797. The second-order valence-corrected chi connectivity index (χ2v) is 4.83. The van der Waals surface area contributed by atoms with Crippen LogP contribution in [0.2, 0.25) is 0 Å². The van der Waals surface area contributed by atoms with Crippen molar-refractivity contribution < 1.29 is 17.7 Å². The van der Waals surface area contributed by atoms with Crippen molar-refractivity contribution in [1.29, 1.82) is 0 Å². The number of rotatable bonds is 3. The van der Waals surface area contributed by atoms with Crippen molar-refractivity contribution >= 4 is 0 Å². The van der Waals surface area contributed by atoms with E-state index >= 15 is 0 Å². The summed E-state index contributed by atoms with van der Waals surface area (Å²) in [7, 11) is 0. The van der Waals surface area contributed by atoms with Crippen LogP contribution < -0.4 is 5.56 Å². The summed E-state index contributed by atoms with van der Waals surface area (Å²) < 4.78 is 42.6. The first-order chi connectivity index (χ1) is 10.8. The number of nitrogens with zero attached hydrogens (tertiary/aromatic N) is 4. The molecule has 3 aromatic heterocycles. The lowest BCUT2D eigenvalue weighted by Gasteiger charge is -2.08. The van der Waals surface area contributed by atoms with Gasteiger partial charge in [-0.25, -0.2) is 0 Å². The van der Waals surface area contributed by atoms with Gasteiger partial charge in [-0.1, -0.05) is 5.16 Å². The van der Waals surface area contributed by atoms with Crippen LogP contribution in [0.4, 0.5) is 13.2 Å². The minimum Gasteiger partial charge on any atom is -0.334 e. The van der Waals surface area contributed by atoms with E-state index in [-0.39, 0.29) is 17.3 Å². The van der Waals surface area contributed by atoms with Gasteiger partial charge in [0.1, 0.15) is 6.54 Å². The summed E-state index contributed by atoms with van der Waals surface area (Å²) in [6.07, 6.45) is -1.91. The van der Waals surface area contributed by atoms with Crippen molar-refractivity contribution in [2.75, 3.05) is 0 Å². The van der Waals surface area contributed by atoms with Gasteiger partial charge in [0.25, 0.3) is 11.4 Å². The molecule has 3 heterocycles. The van der Waals surface area contributed by atoms with Crippen molar-refractivity contribution in [2.45, 2.75) is 19.6 Å². The van der Waals surface area contributed by atoms with E-state index in [2.05, 4.69) is 20.3 Å². The second kappa shape index (κ2) is 5.38. The third kappa shape index (κ3) is 3.15. The van der Waals surface area contributed by atoms with Crippen molar-refractivity contribution in [3.63, 3.8) is 0 Å². The lowest BCUT2D eigenvalue weighted by Crippen LogP contribution is -2.27. The summed E-state index contributed by atoms with van der Waals surface area (Å²) in [4.78, 5) is 15.9. The van der Waals surface area contributed by atoms with E-state index in [4.69, 9.17) is 4.52 Å². The molecular formula is C13H10F3N5O2. The van der Waals surface area contributed by atoms with Gasteiger partial charge in [0.2, 0.25) is 5.82 Å². The molecule has 0 amide bonds. The molecule has 1 N–H and O–H groups in total. The number of pyridine rings is 1. The van der Waals surface area contributed by atoms with Gasteiger partial charge in [-0.15, -0.1) is 0 Å². The van der Waals surface area contributed by atoms with Gasteiger partial charge in [-0.05, 0) is 13.0 Å². The lowest BCUT2D eigenvalue weighted by atomic mass is 10.2. The van der Waals surface area contributed by atoms with Crippen LogP contribution in [0.25, 0.3) is 22.8 Å². The molecule has 0 aliphatic heterocycles. The van der Waals surface area contributed by atoms with Crippen LogP contribution in [-0.2, 0) is 6.54 Å². The number of alkyl halides is 3. The summed E-state index contributed by atoms with van der Waals surface area (Å²) >= 11 is 0. The largest absolute Gasteiger partial charge is 0.406 e. The van der Waals surface area contributed by atoms with Gasteiger partial charge in [0.15, 0.2) is 0 Å². The highest BCUT2D eigenvalue weighted by molar-refractivity contribution is 5.60. The van der Waals surface area contributed by atoms with Crippen LogP contribution in [-0.4, -0.2) is 31.1 Å². The molecule has 3 aromatic rings. The first-order valence-electron chi connectivity index (χ1n) is 6.45. The summed E-state index contributed by atoms with van der Waals surface area (Å²) in [5.41, 5.74) is 0.802. The number of halogens is 3. The maximum Gasteiger partial charge on any atom is 0.406 e. The molecule has 3 rings (SSSR count). The fourth-order valence-corrected chi connectivity index (χ4v) is 1.99. The molecule has 0 saturated carbocycles. The van der Waals surface area contributed by atoms with E-state index in [1.54, 1.807) is 6.92 Å². The van der Waals surface area contributed by atoms with Gasteiger partial charge < -0.3 is 9.09 Å². The molecular weight excluding hydrogens is 315 g/mol. The van der Waals surface area contributed by atoms with Gasteiger partial charge in [0, 0.05) is 23.5 Å². The zero-order chi connectivity index (χ0) is 16.6. The van der Waals surface area contributed by atoms with Crippen molar-refractivity contribution in [1.82, 2.24) is 24.9 Å². The van der Waals surface area contributed by atoms with Gasteiger partial charge in [-0.3, -0.25) is 9.89 Å². The standard InChI is InChI=1S/C13H10F3N5O2/c1-7-9(5-17-19-7)11-18-12(23-20-11)8-2-3-21(10(22)4-8)6-13(14,15)16/h2-5H,6H2,1H3,(H,17,19). The molecule has 0 saturated heterocycles. The Kier molecular flexibility index (Phi) is 3.51. The summed E-state index contributed by atoms with van der Waals surface area (Å²) in [6.45, 7) is 0.423. The lowest BCUT2D eigenvalue weighted by molar-refractivity contribution is -0.141. The van der Waals surface area contributed by atoms with Crippen LogP contribution in [0, 0.1) is 6.92 Å². The third-order valence-electron chi connectivity index (χ3n) is 3.09. The molecule has 120 valence electrons. The number of aromatic nitrogens is 5. The molecule has 0 aromatic carbocycles. The number of hydrogen-bond donors (Lipinski definition) is 1. The fourth-order valence-electron chi connectivity index (χ4n) is 1.99. The van der Waals surface area contributed by atoms with E-state index in [0.717, 1.165) is 18.0 Å². The monoisotopic (exact) mass is 325 g/mol. The highest BCUT2D eigenvalue weighted by Crippen LogP contribution is 2.23. The molecule has 0 atom stereocenters. The summed E-state index contributed by atoms with van der Waals surface area (Å²) in [5.74, 6) is 0.308. The van der Waals surface area contributed by atoms with Crippen molar-refractivity contribution in [3.05, 3.63) is 40.6 Å². The summed E-state index contributed by atoms with van der Waals surface area (Å²) in [5, 5.41) is 10.3. The van der Waals surface area contributed by atoms with Crippen molar-refractivity contribution in [2.24, 2.45) is 0 Å². The first kappa shape index (κ1) is 15.0. The van der Waals surface area contributed by atoms with Gasteiger partial charge in [0.05, 0.1) is 11.8 Å². The maximum absolute atomic E-state index is 12.3. The van der Waals surface area contributed by atoms with Crippen LogP contribution in [0.3, 0.4) is 0 Å². The van der Waals surface area contributed by atoms with Crippen LogP contribution in [0.1, 0.15) is 5.69 Å². The fraction of sp³-hybridized carbons (Fsp3) is 0.231. The molecule has 0 aliphatic carbocycles. The van der Waals surface area contributed by atoms with E-state index in [0.29, 0.717) is 10.1 Å². The van der Waals surface area contributed by atoms with Crippen molar-refractivity contribution in [3.8, 4) is 22.8 Å². The molecule has 0 unspecified atom stereocenters. The second-order valence-electron chi connectivity index (χ2n) is 4.83. The van der Waals surface area contributed by atoms with E-state index in [1.165, 1.54) is 12.3 Å². The number of H-pyrrole nitrogens is 1. The Morgan fingerprint density at radius 2 is 2.17 bits per heavy atom. The minimum absolute atomic E-state index is 0.0388. The molecule has 0 radical (unpaired) electrons. The van der Waals surface area contributed by atoms with E-state index < -0.39 is 18.3 Å².